The molecule has 11 nitrogen and oxygen atoms in total. The van der Waals surface area contributed by atoms with Crippen molar-refractivity contribution in [2.24, 2.45) is 0 Å². The van der Waals surface area contributed by atoms with Gasteiger partial charge >= 0.3 is 5.97 Å². The van der Waals surface area contributed by atoms with Crippen LogP contribution in [-0.2, 0) is 14.8 Å². The lowest BCUT2D eigenvalue weighted by Gasteiger charge is -2.31. The molecule has 2 aromatic rings. The number of nitrogens with zero attached hydrogens (tertiary/aromatic N) is 5. The number of rotatable bonds is 6. The first-order chi connectivity index (χ1) is 13.4. The average Bonchev–Trinajstić information content (AvgIpc) is 3.23. The highest BCUT2D eigenvalue weighted by Gasteiger charge is 2.37. The molecule has 0 bridgehead atoms. The number of allylic oxidation sites excluding steroid dienone is 1. The quantitative estimate of drug-likeness (QED) is 0.591. The minimum atomic E-state index is -3.98. The Morgan fingerprint density at radius 2 is 2.25 bits per heavy atom. The topological polar surface area (TPSA) is 165 Å². The Bertz CT molecular complexity index is 1030. The van der Waals surface area contributed by atoms with Crippen molar-refractivity contribution in [3.05, 3.63) is 36.3 Å². The van der Waals surface area contributed by atoms with Gasteiger partial charge in [-0.1, -0.05) is 6.07 Å². The lowest BCUT2D eigenvalue weighted by molar-refractivity contribution is -0.142. The number of sulfonamides is 1. The molecular formula is C16H17N7O4S. The van der Waals surface area contributed by atoms with Gasteiger partial charge in [-0.05, 0) is 42.7 Å². The lowest BCUT2D eigenvalue weighted by Crippen LogP contribution is -2.47. The van der Waals surface area contributed by atoms with E-state index in [1.165, 1.54) is 24.4 Å². The van der Waals surface area contributed by atoms with Crippen LogP contribution >= 0.6 is 0 Å². The van der Waals surface area contributed by atoms with Crippen molar-refractivity contribution >= 4 is 27.3 Å². The van der Waals surface area contributed by atoms with Gasteiger partial charge in [-0.2, -0.15) is 14.8 Å². The van der Waals surface area contributed by atoms with Crippen molar-refractivity contribution in [2.75, 3.05) is 11.9 Å². The summed E-state index contributed by atoms with van der Waals surface area (Å²) < 4.78 is 27.0. The Balaban J connectivity index is 1.86. The van der Waals surface area contributed by atoms with E-state index < -0.39 is 22.0 Å². The third kappa shape index (κ3) is 4.00. The van der Waals surface area contributed by atoms with E-state index in [0.717, 1.165) is 4.31 Å². The third-order valence-corrected chi connectivity index (χ3v) is 6.17. The smallest absolute Gasteiger partial charge is 0.322 e. The highest BCUT2D eigenvalue weighted by molar-refractivity contribution is 7.89. The van der Waals surface area contributed by atoms with Crippen molar-refractivity contribution < 1.29 is 18.3 Å². The summed E-state index contributed by atoms with van der Waals surface area (Å²) in [6, 6.07) is 6.77. The Morgan fingerprint density at radius 3 is 2.93 bits per heavy atom. The summed E-state index contributed by atoms with van der Waals surface area (Å²) in [5, 5.41) is 34.4. The summed E-state index contributed by atoms with van der Waals surface area (Å²) in [4.78, 5) is 11.4. The predicted molar refractivity (Wildman–Crippen MR) is 97.0 cm³/mol. The normalized spacial score (nSPS) is 18.4. The van der Waals surface area contributed by atoms with Crippen LogP contribution in [0.3, 0.4) is 0 Å². The number of piperidine rings is 1. The van der Waals surface area contributed by atoms with E-state index in [4.69, 9.17) is 0 Å². The second-order valence-electron chi connectivity index (χ2n) is 6.04. The van der Waals surface area contributed by atoms with E-state index in [1.54, 1.807) is 6.07 Å². The van der Waals surface area contributed by atoms with E-state index in [-0.39, 0.29) is 29.3 Å². The fourth-order valence-electron chi connectivity index (χ4n) is 2.90. The van der Waals surface area contributed by atoms with Gasteiger partial charge in [-0.3, -0.25) is 4.79 Å². The maximum atomic E-state index is 13.0. The van der Waals surface area contributed by atoms with E-state index in [1.807, 2.05) is 6.07 Å². The molecule has 0 aliphatic carbocycles. The van der Waals surface area contributed by atoms with Crippen LogP contribution in [0.1, 0.15) is 25.1 Å². The molecule has 3 rings (SSSR count). The van der Waals surface area contributed by atoms with E-state index >= 15 is 0 Å². The number of carbonyl (C=O) groups is 1. The Labute approximate surface area is 160 Å². The molecule has 1 aliphatic heterocycles. The number of carboxylic acids is 1. The standard InChI is InChI=1S/C16H17N7O4S/c17-9-11(15-19-21-22-20-15)10-18-12-4-3-5-13(8-12)28(26,27)23-7-2-1-6-14(23)16(24)25/h3-5,8,10,14,18H,1-2,6-7H2,(H,24,25)(H,19,20,21,22). The molecule has 1 aliphatic rings. The van der Waals surface area contributed by atoms with E-state index in [9.17, 15) is 23.6 Å². The molecule has 0 radical (unpaired) electrons. The molecule has 3 N–H and O–H groups in total. The van der Waals surface area contributed by atoms with Crippen molar-refractivity contribution in [2.45, 2.75) is 30.2 Å². The second kappa shape index (κ2) is 8.15. The maximum absolute atomic E-state index is 13.0. The molecule has 1 saturated heterocycles. The molecule has 0 saturated carbocycles. The molecule has 28 heavy (non-hydrogen) atoms. The molecule has 1 atom stereocenters. The van der Waals surface area contributed by atoms with E-state index in [2.05, 4.69) is 25.9 Å². The van der Waals surface area contributed by atoms with E-state index in [0.29, 0.717) is 18.5 Å². The van der Waals surface area contributed by atoms with Gasteiger partial charge in [0, 0.05) is 18.4 Å². The Morgan fingerprint density at radius 1 is 1.43 bits per heavy atom. The van der Waals surface area contributed by atoms with Crippen molar-refractivity contribution in [3.8, 4) is 6.07 Å². The van der Waals surface area contributed by atoms with Gasteiger partial charge in [0.2, 0.25) is 15.8 Å². The number of aromatic amines is 1. The number of aliphatic carboxylic acids is 1. The zero-order valence-corrected chi connectivity index (χ0v) is 15.4. The van der Waals surface area contributed by atoms with Crippen molar-refractivity contribution in [1.29, 1.82) is 5.26 Å². The first kappa shape index (κ1) is 19.5. The van der Waals surface area contributed by atoms with Crippen LogP contribution in [0.2, 0.25) is 0 Å². The van der Waals surface area contributed by atoms with Gasteiger partial charge < -0.3 is 10.4 Å². The SMILES string of the molecule is N#CC(=CNc1cccc(S(=O)(=O)N2CCCCC2C(=O)O)c1)c1nn[nH]n1. The number of benzene rings is 1. The Kier molecular flexibility index (Phi) is 5.67. The largest absolute Gasteiger partial charge is 0.480 e. The highest BCUT2D eigenvalue weighted by Crippen LogP contribution is 2.27. The van der Waals surface area contributed by atoms with Gasteiger partial charge in [-0.15, -0.1) is 10.2 Å². The minimum absolute atomic E-state index is 0.0304. The minimum Gasteiger partial charge on any atom is -0.480 e. The molecule has 2 heterocycles. The summed E-state index contributed by atoms with van der Waals surface area (Å²) in [5.74, 6) is -1.06. The number of aromatic nitrogens is 4. The van der Waals surface area contributed by atoms with Gasteiger partial charge in [0.05, 0.1) is 4.90 Å². The predicted octanol–water partition coefficient (Wildman–Crippen LogP) is 0.804. The molecule has 1 aromatic heterocycles. The summed E-state index contributed by atoms with van der Waals surface area (Å²) in [7, 11) is -3.98. The van der Waals surface area contributed by atoms with Crippen molar-refractivity contribution in [3.63, 3.8) is 0 Å². The number of hydrogen-bond donors (Lipinski definition) is 3. The molecule has 0 amide bonds. The third-order valence-electron chi connectivity index (χ3n) is 4.27. The number of anilines is 1. The number of nitrogens with one attached hydrogen (secondary N) is 2. The number of nitriles is 1. The first-order valence-corrected chi connectivity index (χ1v) is 9.83. The number of hydrogen-bond acceptors (Lipinski definition) is 8. The average molecular weight is 403 g/mol. The second-order valence-corrected chi connectivity index (χ2v) is 7.93. The first-order valence-electron chi connectivity index (χ1n) is 8.39. The van der Waals surface area contributed by atoms with Crippen LogP contribution in [0.4, 0.5) is 5.69 Å². The Hall–Kier alpha value is -3.30. The number of tetrazole rings is 1. The van der Waals surface area contributed by atoms with Crippen LogP contribution in [0.15, 0.2) is 35.4 Å². The molecule has 1 aromatic carbocycles. The van der Waals surface area contributed by atoms with Crippen LogP contribution in [0.25, 0.3) is 5.57 Å². The number of H-pyrrole nitrogens is 1. The van der Waals surface area contributed by atoms with Crippen molar-refractivity contribution in [1.82, 2.24) is 24.9 Å². The lowest BCUT2D eigenvalue weighted by atomic mass is 10.1. The molecule has 1 fully saturated rings. The fraction of sp³-hybridized carbons (Fsp3) is 0.312. The van der Waals surface area contributed by atoms with Crippen LogP contribution in [0, 0.1) is 11.3 Å². The maximum Gasteiger partial charge on any atom is 0.322 e. The highest BCUT2D eigenvalue weighted by atomic mass is 32.2. The molecule has 146 valence electrons. The summed E-state index contributed by atoms with van der Waals surface area (Å²) in [6.45, 7) is 0.160. The van der Waals surface area contributed by atoms with Gasteiger partial charge in [0.25, 0.3) is 0 Å². The van der Waals surface area contributed by atoms with Gasteiger partial charge in [0.15, 0.2) is 0 Å². The van der Waals surface area contributed by atoms with Crippen LogP contribution in [0.5, 0.6) is 0 Å². The number of carboxylic acid groups (broad SMARTS) is 1. The van der Waals surface area contributed by atoms with Gasteiger partial charge in [0.1, 0.15) is 17.7 Å². The molecule has 0 spiro atoms. The molecule has 1 unspecified atom stereocenters. The van der Waals surface area contributed by atoms with Crippen LogP contribution in [-0.4, -0.2) is 57.0 Å². The molecule has 12 heteroatoms. The fourth-order valence-corrected chi connectivity index (χ4v) is 4.60. The summed E-state index contributed by atoms with van der Waals surface area (Å²) in [5.41, 5.74) is 0.505. The zero-order chi connectivity index (χ0) is 20.1. The zero-order valence-electron chi connectivity index (χ0n) is 14.6. The molecular weight excluding hydrogens is 386 g/mol. The summed E-state index contributed by atoms with van der Waals surface area (Å²) >= 11 is 0. The van der Waals surface area contributed by atoms with Crippen LogP contribution < -0.4 is 5.32 Å². The monoisotopic (exact) mass is 403 g/mol. The van der Waals surface area contributed by atoms with Gasteiger partial charge in [-0.25, -0.2) is 8.42 Å². The summed E-state index contributed by atoms with van der Waals surface area (Å²) in [6.07, 6.45) is 2.89.